The van der Waals surface area contributed by atoms with Gasteiger partial charge in [-0.2, -0.15) is 0 Å². The van der Waals surface area contributed by atoms with Crippen LogP contribution in [0.25, 0.3) is 0 Å². The van der Waals surface area contributed by atoms with Gasteiger partial charge in [-0.15, -0.1) is 0 Å². The summed E-state index contributed by atoms with van der Waals surface area (Å²) in [5.41, 5.74) is 1.44. The van der Waals surface area contributed by atoms with Gasteiger partial charge in [0.1, 0.15) is 0 Å². The number of rotatable bonds is 5. The van der Waals surface area contributed by atoms with Gasteiger partial charge >= 0.3 is 0 Å². The van der Waals surface area contributed by atoms with Crippen LogP contribution < -0.4 is 0 Å². The molecular formula is C9H17O. The summed E-state index contributed by atoms with van der Waals surface area (Å²) in [5, 5.41) is 0. The first kappa shape index (κ1) is 9.70. The van der Waals surface area contributed by atoms with Gasteiger partial charge < -0.3 is 4.74 Å². The van der Waals surface area contributed by atoms with Crippen LogP contribution in [0.3, 0.4) is 0 Å². The number of hydrogen-bond acceptors (Lipinski definition) is 1. The molecule has 0 amide bonds. The first-order valence-corrected chi connectivity index (χ1v) is 3.80. The van der Waals surface area contributed by atoms with Crippen molar-refractivity contribution in [2.75, 3.05) is 13.2 Å². The largest absolute Gasteiger partial charge is 0.381 e. The first-order chi connectivity index (χ1) is 4.81. The molecule has 1 radical (unpaired) electrons. The number of hydrogen-bond donors (Lipinski definition) is 0. The Bertz CT molecular complexity index is 94.9. The summed E-state index contributed by atoms with van der Waals surface area (Å²) in [5.74, 6) is 0. The SMILES string of the molecule is [CH2]COCCCC(C)=CC. The van der Waals surface area contributed by atoms with E-state index in [2.05, 4.69) is 26.8 Å². The highest BCUT2D eigenvalue weighted by Crippen LogP contribution is 2.02. The summed E-state index contributed by atoms with van der Waals surface area (Å²) >= 11 is 0. The zero-order chi connectivity index (χ0) is 7.82. The summed E-state index contributed by atoms with van der Waals surface area (Å²) in [7, 11) is 0. The maximum absolute atomic E-state index is 5.09. The molecule has 0 unspecified atom stereocenters. The van der Waals surface area contributed by atoms with Crippen molar-refractivity contribution in [2.45, 2.75) is 26.7 Å². The Morgan fingerprint density at radius 2 is 2.30 bits per heavy atom. The highest BCUT2D eigenvalue weighted by atomic mass is 16.5. The maximum Gasteiger partial charge on any atom is 0.0469 e. The molecule has 0 spiro atoms. The quantitative estimate of drug-likeness (QED) is 0.422. The second-order valence-electron chi connectivity index (χ2n) is 2.35. The highest BCUT2D eigenvalue weighted by molar-refractivity contribution is 4.94. The third-order valence-corrected chi connectivity index (χ3v) is 1.50. The average molecular weight is 141 g/mol. The van der Waals surface area contributed by atoms with Crippen LogP contribution >= 0.6 is 0 Å². The predicted octanol–water partition coefficient (Wildman–Crippen LogP) is 2.58. The van der Waals surface area contributed by atoms with Crippen LogP contribution in [0.15, 0.2) is 11.6 Å². The van der Waals surface area contributed by atoms with Crippen LogP contribution in [0.1, 0.15) is 26.7 Å². The van der Waals surface area contributed by atoms with Gasteiger partial charge in [0.15, 0.2) is 0 Å². The van der Waals surface area contributed by atoms with E-state index >= 15 is 0 Å². The molecule has 0 aromatic rings. The molecule has 0 saturated carbocycles. The summed E-state index contributed by atoms with van der Waals surface area (Å²) in [6, 6.07) is 0. The third-order valence-electron chi connectivity index (χ3n) is 1.50. The van der Waals surface area contributed by atoms with E-state index in [4.69, 9.17) is 4.74 Å². The van der Waals surface area contributed by atoms with Crippen molar-refractivity contribution in [3.05, 3.63) is 18.6 Å². The Balaban J connectivity index is 3.04. The molecule has 0 aromatic heterocycles. The van der Waals surface area contributed by atoms with Crippen LogP contribution in [0.2, 0.25) is 0 Å². The standard InChI is InChI=1S/C9H17O/c1-4-9(3)7-6-8-10-5-2/h4H,2,5-8H2,1,3H3. The zero-order valence-corrected chi connectivity index (χ0v) is 7.02. The fraction of sp³-hybridized carbons (Fsp3) is 0.667. The average Bonchev–Trinajstić information content (AvgIpc) is 1.98. The lowest BCUT2D eigenvalue weighted by Gasteiger charge is -2.00. The smallest absolute Gasteiger partial charge is 0.0469 e. The molecular weight excluding hydrogens is 124 g/mol. The van der Waals surface area contributed by atoms with E-state index in [0.29, 0.717) is 6.61 Å². The van der Waals surface area contributed by atoms with Gasteiger partial charge in [0, 0.05) is 13.2 Å². The van der Waals surface area contributed by atoms with Crippen LogP contribution in [0.5, 0.6) is 0 Å². The minimum absolute atomic E-state index is 0.592. The Hall–Kier alpha value is -0.300. The number of ether oxygens (including phenoxy) is 1. The molecule has 0 rings (SSSR count). The molecule has 0 bridgehead atoms. The normalized spacial score (nSPS) is 12.1. The van der Waals surface area contributed by atoms with Crippen molar-refractivity contribution >= 4 is 0 Å². The van der Waals surface area contributed by atoms with Crippen LogP contribution in [-0.4, -0.2) is 13.2 Å². The highest BCUT2D eigenvalue weighted by Gasteiger charge is 1.88. The van der Waals surface area contributed by atoms with E-state index in [1.807, 2.05) is 0 Å². The fourth-order valence-electron chi connectivity index (χ4n) is 0.699. The molecule has 0 aliphatic heterocycles. The van der Waals surface area contributed by atoms with Crippen LogP contribution in [-0.2, 0) is 4.74 Å². The predicted molar refractivity (Wildman–Crippen MR) is 44.8 cm³/mol. The van der Waals surface area contributed by atoms with Crippen molar-refractivity contribution < 1.29 is 4.74 Å². The molecule has 10 heavy (non-hydrogen) atoms. The second-order valence-corrected chi connectivity index (χ2v) is 2.35. The molecule has 59 valence electrons. The Morgan fingerprint density at radius 1 is 1.60 bits per heavy atom. The molecule has 0 heterocycles. The van der Waals surface area contributed by atoms with E-state index in [0.717, 1.165) is 19.4 Å². The molecule has 0 aromatic carbocycles. The topological polar surface area (TPSA) is 9.23 Å². The van der Waals surface area contributed by atoms with E-state index in [-0.39, 0.29) is 0 Å². The molecule has 1 heteroatoms. The Labute approximate surface area is 64.1 Å². The van der Waals surface area contributed by atoms with Crippen LogP contribution in [0.4, 0.5) is 0 Å². The van der Waals surface area contributed by atoms with E-state index in [9.17, 15) is 0 Å². The Kier molecular flexibility index (Phi) is 6.61. The first-order valence-electron chi connectivity index (χ1n) is 3.80. The molecule has 0 fully saturated rings. The molecule has 1 nitrogen and oxygen atoms in total. The van der Waals surface area contributed by atoms with Gasteiger partial charge in [-0.3, -0.25) is 0 Å². The summed E-state index contributed by atoms with van der Waals surface area (Å²) < 4.78 is 5.09. The van der Waals surface area contributed by atoms with Crippen molar-refractivity contribution in [3.63, 3.8) is 0 Å². The molecule has 0 saturated heterocycles. The second kappa shape index (κ2) is 6.81. The third kappa shape index (κ3) is 5.83. The monoisotopic (exact) mass is 141 g/mol. The van der Waals surface area contributed by atoms with E-state index in [1.54, 1.807) is 0 Å². The lowest BCUT2D eigenvalue weighted by atomic mass is 10.2. The van der Waals surface area contributed by atoms with Gasteiger partial charge in [0.05, 0.1) is 0 Å². The van der Waals surface area contributed by atoms with Gasteiger partial charge in [-0.25, -0.2) is 0 Å². The molecule has 0 aliphatic carbocycles. The number of allylic oxidation sites excluding steroid dienone is 2. The molecule has 0 N–H and O–H groups in total. The maximum atomic E-state index is 5.09. The lowest BCUT2D eigenvalue weighted by molar-refractivity contribution is 0.158. The summed E-state index contributed by atoms with van der Waals surface area (Å²) in [4.78, 5) is 0. The molecule has 0 aliphatic rings. The lowest BCUT2D eigenvalue weighted by Crippen LogP contribution is -1.93. The zero-order valence-electron chi connectivity index (χ0n) is 7.02. The van der Waals surface area contributed by atoms with E-state index < -0.39 is 0 Å². The minimum atomic E-state index is 0.592. The molecule has 0 atom stereocenters. The summed E-state index contributed by atoms with van der Waals surface area (Å²) in [6.45, 7) is 9.23. The van der Waals surface area contributed by atoms with Crippen LogP contribution in [0, 0.1) is 6.92 Å². The Morgan fingerprint density at radius 3 is 2.80 bits per heavy atom. The van der Waals surface area contributed by atoms with Gasteiger partial charge in [-0.05, 0) is 33.6 Å². The van der Waals surface area contributed by atoms with E-state index in [1.165, 1.54) is 5.57 Å². The van der Waals surface area contributed by atoms with Crippen molar-refractivity contribution in [1.29, 1.82) is 0 Å². The minimum Gasteiger partial charge on any atom is -0.381 e. The van der Waals surface area contributed by atoms with Gasteiger partial charge in [0.2, 0.25) is 0 Å². The van der Waals surface area contributed by atoms with Crippen molar-refractivity contribution in [1.82, 2.24) is 0 Å². The van der Waals surface area contributed by atoms with Crippen molar-refractivity contribution in [2.24, 2.45) is 0 Å². The van der Waals surface area contributed by atoms with Gasteiger partial charge in [0.25, 0.3) is 0 Å². The van der Waals surface area contributed by atoms with Gasteiger partial charge in [-0.1, -0.05) is 11.6 Å². The van der Waals surface area contributed by atoms with Crippen molar-refractivity contribution in [3.8, 4) is 0 Å². The fourth-order valence-corrected chi connectivity index (χ4v) is 0.699. The summed E-state index contributed by atoms with van der Waals surface area (Å²) in [6.07, 6.45) is 4.41.